The molecule has 118 valence electrons. The van der Waals surface area contributed by atoms with Crippen molar-refractivity contribution in [3.8, 4) is 0 Å². The van der Waals surface area contributed by atoms with Gasteiger partial charge in [0, 0.05) is 23.7 Å². The van der Waals surface area contributed by atoms with E-state index in [4.69, 9.17) is 5.73 Å². The van der Waals surface area contributed by atoms with Gasteiger partial charge < -0.3 is 5.73 Å². The lowest BCUT2D eigenvalue weighted by molar-refractivity contribution is 0.0725. The Bertz CT molecular complexity index is 589. The summed E-state index contributed by atoms with van der Waals surface area (Å²) in [5, 5.41) is 0. The van der Waals surface area contributed by atoms with E-state index in [9.17, 15) is 12.8 Å². The van der Waals surface area contributed by atoms with Crippen LogP contribution in [-0.4, -0.2) is 44.0 Å². The predicted molar refractivity (Wildman–Crippen MR) is 82.3 cm³/mol. The monoisotopic (exact) mass is 314 g/mol. The molecule has 0 radical (unpaired) electrons. The third-order valence-corrected chi connectivity index (χ3v) is 6.47. The van der Waals surface area contributed by atoms with Crippen molar-refractivity contribution in [1.82, 2.24) is 4.90 Å². The van der Waals surface area contributed by atoms with Crippen molar-refractivity contribution >= 4 is 9.84 Å². The van der Waals surface area contributed by atoms with E-state index in [0.717, 1.165) is 0 Å². The van der Waals surface area contributed by atoms with Crippen LogP contribution < -0.4 is 5.73 Å². The first-order valence-electron chi connectivity index (χ1n) is 7.19. The lowest BCUT2D eigenvalue weighted by Gasteiger charge is -2.46. The van der Waals surface area contributed by atoms with Crippen LogP contribution in [0.2, 0.25) is 0 Å². The molecular weight excluding hydrogens is 291 g/mol. The van der Waals surface area contributed by atoms with Gasteiger partial charge in [-0.2, -0.15) is 0 Å². The molecule has 0 bridgehead atoms. The number of nitrogens with two attached hydrogens (primary N) is 1. The molecular formula is C15H23FN2O2S. The average Bonchev–Trinajstić information content (AvgIpc) is 2.47. The summed E-state index contributed by atoms with van der Waals surface area (Å²) in [6.45, 7) is 2.30. The van der Waals surface area contributed by atoms with Crippen molar-refractivity contribution in [2.75, 3.05) is 25.1 Å². The van der Waals surface area contributed by atoms with Gasteiger partial charge >= 0.3 is 0 Å². The fourth-order valence-corrected chi connectivity index (χ4v) is 4.64. The first-order chi connectivity index (χ1) is 9.81. The molecule has 4 nitrogen and oxygen atoms in total. The number of hydrogen-bond donors (Lipinski definition) is 1. The van der Waals surface area contributed by atoms with Gasteiger partial charge in [-0.3, -0.25) is 4.90 Å². The molecule has 0 saturated carbocycles. The molecule has 1 atom stereocenters. The van der Waals surface area contributed by atoms with Crippen molar-refractivity contribution in [3.05, 3.63) is 35.6 Å². The van der Waals surface area contributed by atoms with Gasteiger partial charge in [0.25, 0.3) is 0 Å². The van der Waals surface area contributed by atoms with Gasteiger partial charge in [0.1, 0.15) is 15.7 Å². The third-order valence-electron chi connectivity index (χ3n) is 4.82. The molecule has 0 aliphatic carbocycles. The number of likely N-dealkylation sites (N-methyl/N-ethyl adjacent to an activating group) is 1. The molecule has 1 saturated heterocycles. The maximum atomic E-state index is 14.0. The molecule has 1 aliphatic rings. The van der Waals surface area contributed by atoms with Crippen LogP contribution in [0.1, 0.15) is 31.4 Å². The fraction of sp³-hybridized carbons (Fsp3) is 0.600. The summed E-state index contributed by atoms with van der Waals surface area (Å²) >= 11 is 0. The minimum Gasteiger partial charge on any atom is -0.329 e. The van der Waals surface area contributed by atoms with Crippen LogP contribution in [-0.2, 0) is 9.84 Å². The molecule has 0 aromatic heterocycles. The Labute approximate surface area is 126 Å². The molecule has 0 amide bonds. The van der Waals surface area contributed by atoms with E-state index in [0.29, 0.717) is 24.9 Å². The van der Waals surface area contributed by atoms with E-state index in [1.807, 2.05) is 24.9 Å². The van der Waals surface area contributed by atoms with Gasteiger partial charge in [-0.1, -0.05) is 18.2 Å². The number of benzene rings is 1. The van der Waals surface area contributed by atoms with E-state index >= 15 is 0 Å². The van der Waals surface area contributed by atoms with E-state index < -0.39 is 9.84 Å². The molecule has 1 aromatic rings. The fourth-order valence-electron chi connectivity index (χ4n) is 3.05. The van der Waals surface area contributed by atoms with Crippen LogP contribution >= 0.6 is 0 Å². The highest BCUT2D eigenvalue weighted by molar-refractivity contribution is 7.91. The average molecular weight is 314 g/mol. The highest BCUT2D eigenvalue weighted by atomic mass is 32.2. The Hall–Kier alpha value is -0.980. The zero-order valence-electron chi connectivity index (χ0n) is 12.5. The van der Waals surface area contributed by atoms with Crippen molar-refractivity contribution < 1.29 is 12.8 Å². The first kappa shape index (κ1) is 16.4. The second-order valence-electron chi connectivity index (χ2n) is 5.89. The van der Waals surface area contributed by atoms with Gasteiger partial charge in [-0.15, -0.1) is 0 Å². The molecule has 2 rings (SSSR count). The van der Waals surface area contributed by atoms with Gasteiger partial charge in [0.15, 0.2) is 0 Å². The molecule has 1 aromatic carbocycles. The lowest BCUT2D eigenvalue weighted by Crippen LogP contribution is -2.56. The largest absolute Gasteiger partial charge is 0.329 e. The number of hydrogen-bond acceptors (Lipinski definition) is 4. The highest BCUT2D eigenvalue weighted by Crippen LogP contribution is 2.35. The van der Waals surface area contributed by atoms with Crippen LogP contribution in [0, 0.1) is 5.82 Å². The van der Waals surface area contributed by atoms with Gasteiger partial charge in [-0.05, 0) is 32.9 Å². The van der Waals surface area contributed by atoms with Gasteiger partial charge in [-0.25, -0.2) is 12.8 Å². The Morgan fingerprint density at radius 2 is 1.90 bits per heavy atom. The summed E-state index contributed by atoms with van der Waals surface area (Å²) < 4.78 is 37.3. The van der Waals surface area contributed by atoms with Crippen LogP contribution in [0.4, 0.5) is 4.39 Å². The Morgan fingerprint density at radius 3 is 2.43 bits per heavy atom. The van der Waals surface area contributed by atoms with Crippen molar-refractivity contribution in [1.29, 1.82) is 0 Å². The maximum absolute atomic E-state index is 14.0. The zero-order valence-corrected chi connectivity index (χ0v) is 13.4. The molecule has 0 spiro atoms. The van der Waals surface area contributed by atoms with E-state index in [1.54, 1.807) is 12.1 Å². The topological polar surface area (TPSA) is 63.4 Å². The number of halogens is 1. The van der Waals surface area contributed by atoms with E-state index in [1.165, 1.54) is 6.07 Å². The smallest absolute Gasteiger partial charge is 0.150 e. The Kier molecular flexibility index (Phi) is 4.70. The van der Waals surface area contributed by atoms with Crippen LogP contribution in [0.5, 0.6) is 0 Å². The molecule has 1 heterocycles. The Morgan fingerprint density at radius 1 is 1.33 bits per heavy atom. The number of rotatable bonds is 4. The standard InChI is InChI=1S/C15H23FN2O2S/c1-12(13-5-3-4-6-14(13)16)18(2)15(11-17)7-9-21(19,20)10-8-15/h3-6,12H,7-11,17H2,1-2H3. The number of nitrogens with zero attached hydrogens (tertiary/aromatic N) is 1. The minimum atomic E-state index is -2.95. The normalized spacial score (nSPS) is 22.1. The number of sulfone groups is 1. The zero-order chi connectivity index (χ0) is 15.7. The third kappa shape index (κ3) is 3.27. The molecule has 2 N–H and O–H groups in total. The summed E-state index contributed by atoms with van der Waals surface area (Å²) in [6, 6.07) is 6.52. The van der Waals surface area contributed by atoms with Crippen molar-refractivity contribution in [3.63, 3.8) is 0 Å². The second kappa shape index (κ2) is 6.02. The van der Waals surface area contributed by atoms with E-state index in [-0.39, 0.29) is 28.9 Å². The quantitative estimate of drug-likeness (QED) is 0.919. The molecule has 1 aliphatic heterocycles. The first-order valence-corrected chi connectivity index (χ1v) is 9.01. The summed E-state index contributed by atoms with van der Waals surface area (Å²) in [4.78, 5) is 2.04. The van der Waals surface area contributed by atoms with Gasteiger partial charge in [0.2, 0.25) is 0 Å². The minimum absolute atomic E-state index is 0.151. The SMILES string of the molecule is CC(c1ccccc1F)N(C)C1(CN)CCS(=O)(=O)CC1. The van der Waals surface area contributed by atoms with Crippen LogP contribution in [0.15, 0.2) is 24.3 Å². The summed E-state index contributed by atoms with van der Waals surface area (Å²) in [6.07, 6.45) is 1.00. The van der Waals surface area contributed by atoms with Gasteiger partial charge in [0.05, 0.1) is 11.5 Å². The molecule has 21 heavy (non-hydrogen) atoms. The summed E-state index contributed by atoms with van der Waals surface area (Å²) in [5.74, 6) is 0.0595. The summed E-state index contributed by atoms with van der Waals surface area (Å²) in [7, 11) is -1.05. The predicted octanol–water partition coefficient (Wildman–Crippen LogP) is 1.72. The lowest BCUT2D eigenvalue weighted by atomic mass is 9.88. The maximum Gasteiger partial charge on any atom is 0.150 e. The summed E-state index contributed by atoms with van der Waals surface area (Å²) in [5.41, 5.74) is 6.18. The van der Waals surface area contributed by atoms with Crippen molar-refractivity contribution in [2.24, 2.45) is 5.73 Å². The van der Waals surface area contributed by atoms with Crippen LogP contribution in [0.25, 0.3) is 0 Å². The van der Waals surface area contributed by atoms with Crippen LogP contribution in [0.3, 0.4) is 0 Å². The second-order valence-corrected chi connectivity index (χ2v) is 8.19. The van der Waals surface area contributed by atoms with Crippen molar-refractivity contribution in [2.45, 2.75) is 31.3 Å². The Balaban J connectivity index is 2.25. The van der Waals surface area contributed by atoms with E-state index in [2.05, 4.69) is 0 Å². The molecule has 6 heteroatoms. The highest BCUT2D eigenvalue weighted by Gasteiger charge is 2.41. The molecule has 1 fully saturated rings. The molecule has 1 unspecified atom stereocenters.